The Kier molecular flexibility index (Phi) is 5.99. The molecule has 178 valence electrons. The average Bonchev–Trinajstić information content (AvgIpc) is 3.65. The Bertz CT molecular complexity index is 1330. The number of hydrogen-bond donors (Lipinski definition) is 2. The molecule has 10 heteroatoms. The molecule has 1 atom stereocenters. The molecular formula is C24H24ClFN4O4. The lowest BCUT2D eigenvalue weighted by Crippen LogP contribution is -2.29. The minimum absolute atomic E-state index is 0.0511. The summed E-state index contributed by atoms with van der Waals surface area (Å²) in [5.74, 6) is -0.980. The van der Waals surface area contributed by atoms with Crippen LogP contribution in [0.4, 0.5) is 10.1 Å². The second-order valence-electron chi connectivity index (χ2n) is 8.86. The first-order chi connectivity index (χ1) is 16.3. The number of fused-ring (bicyclic) bond motifs is 1. The molecule has 1 aliphatic carbocycles. The highest BCUT2D eigenvalue weighted by molar-refractivity contribution is 6.29. The van der Waals surface area contributed by atoms with Crippen LogP contribution in [-0.2, 0) is 4.74 Å². The topological polar surface area (TPSA) is 106 Å². The predicted molar refractivity (Wildman–Crippen MR) is 125 cm³/mol. The van der Waals surface area contributed by atoms with Crippen molar-refractivity contribution < 1.29 is 19.0 Å². The van der Waals surface area contributed by atoms with Crippen LogP contribution >= 0.6 is 11.6 Å². The van der Waals surface area contributed by atoms with Crippen molar-refractivity contribution in [2.45, 2.75) is 50.6 Å². The second-order valence-corrected chi connectivity index (χ2v) is 9.24. The highest BCUT2D eigenvalue weighted by atomic mass is 35.5. The third-order valence-corrected chi connectivity index (χ3v) is 6.64. The summed E-state index contributed by atoms with van der Waals surface area (Å²) in [6, 6.07) is 5.10. The van der Waals surface area contributed by atoms with Crippen LogP contribution < -0.4 is 10.9 Å². The molecule has 2 fully saturated rings. The molecule has 0 unspecified atom stereocenters. The van der Waals surface area contributed by atoms with Gasteiger partial charge in [0.05, 0.1) is 22.6 Å². The number of anilines is 1. The monoisotopic (exact) mass is 486 g/mol. The fraction of sp³-hybridized carbons (Fsp3) is 0.417. The van der Waals surface area contributed by atoms with E-state index in [1.54, 1.807) is 11.5 Å². The Balaban J connectivity index is 1.63. The highest BCUT2D eigenvalue weighted by Gasteiger charge is 2.32. The molecule has 0 amide bonds. The van der Waals surface area contributed by atoms with Crippen LogP contribution in [0.25, 0.3) is 10.9 Å². The normalized spacial score (nSPS) is 17.6. The summed E-state index contributed by atoms with van der Waals surface area (Å²) in [5.41, 5.74) is 0.643. The van der Waals surface area contributed by atoms with Crippen molar-refractivity contribution in [1.29, 1.82) is 0 Å². The Morgan fingerprint density at radius 1 is 1.24 bits per heavy atom. The van der Waals surface area contributed by atoms with E-state index in [1.807, 2.05) is 0 Å². The fourth-order valence-electron chi connectivity index (χ4n) is 4.60. The van der Waals surface area contributed by atoms with Gasteiger partial charge in [0, 0.05) is 30.7 Å². The van der Waals surface area contributed by atoms with Gasteiger partial charge in [0.25, 0.3) is 5.56 Å². The van der Waals surface area contributed by atoms with Gasteiger partial charge in [0.1, 0.15) is 16.8 Å². The lowest BCUT2D eigenvalue weighted by molar-refractivity contribution is 0.0691. The number of nitrogens with one attached hydrogen (secondary N) is 1. The van der Waals surface area contributed by atoms with E-state index in [0.717, 1.165) is 31.5 Å². The van der Waals surface area contributed by atoms with Crippen molar-refractivity contribution in [3.63, 3.8) is 0 Å². The molecule has 0 bridgehead atoms. The van der Waals surface area contributed by atoms with Crippen LogP contribution in [0.5, 0.6) is 0 Å². The first-order valence-corrected chi connectivity index (χ1v) is 11.7. The Morgan fingerprint density at radius 2 is 1.97 bits per heavy atom. The molecule has 0 radical (unpaired) electrons. The summed E-state index contributed by atoms with van der Waals surface area (Å²) in [4.78, 5) is 34.0. The molecule has 1 saturated heterocycles. The number of benzene rings is 1. The molecule has 2 aromatic heterocycles. The number of aromatic nitrogens is 3. The molecule has 0 spiro atoms. The van der Waals surface area contributed by atoms with Gasteiger partial charge in [-0.2, -0.15) is 0 Å². The smallest absolute Gasteiger partial charge is 0.356 e. The average molecular weight is 487 g/mol. The first kappa shape index (κ1) is 22.7. The van der Waals surface area contributed by atoms with Gasteiger partial charge in [0.2, 0.25) is 0 Å². The highest BCUT2D eigenvalue weighted by Crippen LogP contribution is 2.38. The Hall–Kier alpha value is -3.04. The van der Waals surface area contributed by atoms with Gasteiger partial charge in [-0.3, -0.25) is 9.36 Å². The summed E-state index contributed by atoms with van der Waals surface area (Å²) >= 11 is 5.86. The molecule has 3 heterocycles. The van der Waals surface area contributed by atoms with E-state index in [-0.39, 0.29) is 39.4 Å². The number of pyridine rings is 1. The van der Waals surface area contributed by atoms with E-state index in [2.05, 4.69) is 10.3 Å². The lowest BCUT2D eigenvalue weighted by Gasteiger charge is -2.26. The molecule has 34 heavy (non-hydrogen) atoms. The molecule has 3 aromatic rings. The maximum atomic E-state index is 14.7. The van der Waals surface area contributed by atoms with Crippen molar-refractivity contribution >= 4 is 34.2 Å². The number of carbonyl (C=O) groups is 1. The number of rotatable bonds is 6. The number of ether oxygens (including phenoxy) is 1. The van der Waals surface area contributed by atoms with Crippen LogP contribution in [0, 0.1) is 5.82 Å². The number of aromatic carboxylic acids is 1. The molecule has 5 rings (SSSR count). The zero-order chi connectivity index (χ0) is 24.0. The number of halogens is 2. The van der Waals surface area contributed by atoms with E-state index in [1.165, 1.54) is 24.3 Å². The third-order valence-electron chi connectivity index (χ3n) is 6.43. The minimum Gasteiger partial charge on any atom is -0.476 e. The number of hydrogen-bond acceptors (Lipinski definition) is 6. The number of carboxylic acids is 1. The van der Waals surface area contributed by atoms with Crippen LogP contribution in [0.2, 0.25) is 5.15 Å². The molecule has 2 aliphatic rings. The Morgan fingerprint density at radius 3 is 2.65 bits per heavy atom. The van der Waals surface area contributed by atoms with Crippen molar-refractivity contribution in [3.05, 3.63) is 62.7 Å². The standard InChI is InChI=1S/C24H24ClFN4O4/c1-12(27-18-4-5-19(25)28-21(18)24(32)33)16-10-14(26)11-17-20(16)29-22(13-6-8-34-9-7-13)30(23(17)31)15-2-3-15/h4-5,10-13,15,27H,2-3,6-9H2,1H3,(H,32,33)/t12-/m1/s1. The van der Waals surface area contributed by atoms with Gasteiger partial charge < -0.3 is 15.2 Å². The minimum atomic E-state index is -1.24. The summed E-state index contributed by atoms with van der Waals surface area (Å²) in [6.45, 7) is 2.98. The maximum absolute atomic E-state index is 14.7. The van der Waals surface area contributed by atoms with Crippen molar-refractivity contribution in [3.8, 4) is 0 Å². The summed E-state index contributed by atoms with van der Waals surface area (Å²) in [5, 5.41) is 12.9. The van der Waals surface area contributed by atoms with E-state index < -0.39 is 17.8 Å². The van der Waals surface area contributed by atoms with Gasteiger partial charge in [-0.05, 0) is 56.9 Å². The first-order valence-electron chi connectivity index (χ1n) is 11.3. The molecule has 1 saturated carbocycles. The van der Waals surface area contributed by atoms with Crippen LogP contribution in [0.1, 0.15) is 72.5 Å². The fourth-order valence-corrected chi connectivity index (χ4v) is 4.74. The van der Waals surface area contributed by atoms with Crippen LogP contribution in [-0.4, -0.2) is 38.8 Å². The SMILES string of the molecule is C[C@@H](Nc1ccc(Cl)nc1C(=O)O)c1cc(F)cc2c(=O)n(C3CC3)c(C3CCOCC3)nc12. The van der Waals surface area contributed by atoms with Crippen molar-refractivity contribution in [1.82, 2.24) is 14.5 Å². The van der Waals surface area contributed by atoms with E-state index in [4.69, 9.17) is 21.3 Å². The molecule has 1 aliphatic heterocycles. The zero-order valence-electron chi connectivity index (χ0n) is 18.6. The molecule has 1 aromatic carbocycles. The van der Waals surface area contributed by atoms with Crippen molar-refractivity contribution in [2.24, 2.45) is 0 Å². The predicted octanol–water partition coefficient (Wildman–Crippen LogP) is 4.68. The summed E-state index contributed by atoms with van der Waals surface area (Å²) in [7, 11) is 0. The van der Waals surface area contributed by atoms with E-state index >= 15 is 0 Å². The van der Waals surface area contributed by atoms with Crippen LogP contribution in [0.3, 0.4) is 0 Å². The summed E-state index contributed by atoms with van der Waals surface area (Å²) < 4.78 is 22.0. The molecular weight excluding hydrogens is 463 g/mol. The van der Waals surface area contributed by atoms with Gasteiger partial charge in [0.15, 0.2) is 5.69 Å². The van der Waals surface area contributed by atoms with E-state index in [9.17, 15) is 19.1 Å². The van der Waals surface area contributed by atoms with Gasteiger partial charge in [-0.15, -0.1) is 0 Å². The Labute approximate surface area is 199 Å². The largest absolute Gasteiger partial charge is 0.476 e. The zero-order valence-corrected chi connectivity index (χ0v) is 19.3. The number of carboxylic acid groups (broad SMARTS) is 1. The lowest BCUT2D eigenvalue weighted by atomic mass is 9.97. The maximum Gasteiger partial charge on any atom is 0.356 e. The molecule has 2 N–H and O–H groups in total. The quantitative estimate of drug-likeness (QED) is 0.487. The van der Waals surface area contributed by atoms with Crippen molar-refractivity contribution in [2.75, 3.05) is 18.5 Å². The van der Waals surface area contributed by atoms with Gasteiger partial charge >= 0.3 is 5.97 Å². The number of nitrogens with zero attached hydrogens (tertiary/aromatic N) is 3. The summed E-state index contributed by atoms with van der Waals surface area (Å²) in [6.07, 6.45) is 3.36. The van der Waals surface area contributed by atoms with E-state index in [0.29, 0.717) is 24.3 Å². The third kappa shape index (κ3) is 4.25. The second kappa shape index (κ2) is 8.96. The van der Waals surface area contributed by atoms with Gasteiger partial charge in [-0.25, -0.2) is 19.2 Å². The molecule has 8 nitrogen and oxygen atoms in total. The van der Waals surface area contributed by atoms with Gasteiger partial charge in [-0.1, -0.05) is 11.6 Å². The van der Waals surface area contributed by atoms with Crippen LogP contribution in [0.15, 0.2) is 29.1 Å².